The van der Waals surface area contributed by atoms with Crippen molar-refractivity contribution in [3.8, 4) is 5.75 Å². The van der Waals surface area contributed by atoms with E-state index in [-0.39, 0.29) is 24.5 Å². The molecule has 0 aliphatic heterocycles. The van der Waals surface area contributed by atoms with Gasteiger partial charge in [-0.3, -0.25) is 9.59 Å². The molecule has 0 unspecified atom stereocenters. The van der Waals surface area contributed by atoms with Gasteiger partial charge in [-0.1, -0.05) is 73.2 Å². The predicted molar refractivity (Wildman–Crippen MR) is 150 cm³/mol. The molecule has 0 heterocycles. The second-order valence-corrected chi connectivity index (χ2v) is 10.0. The van der Waals surface area contributed by atoms with Crippen LogP contribution in [0.25, 0.3) is 0 Å². The Morgan fingerprint density at radius 1 is 0.892 bits per heavy atom. The topological polar surface area (TPSA) is 58.6 Å². The van der Waals surface area contributed by atoms with Crippen LogP contribution in [0.5, 0.6) is 5.75 Å². The SMILES string of the molecule is CC[C@@H](C)NC(=O)[C@H](Cc1ccccc1)N(Cc1cccc(C)c1)C(=O)COc1cc(C)cc(C)c1C. The Balaban J connectivity index is 1.95. The highest BCUT2D eigenvalue weighted by Crippen LogP contribution is 2.24. The fourth-order valence-corrected chi connectivity index (χ4v) is 4.38. The van der Waals surface area contributed by atoms with Crippen molar-refractivity contribution >= 4 is 11.8 Å². The average Bonchev–Trinajstić information content (AvgIpc) is 2.87. The van der Waals surface area contributed by atoms with Crippen molar-refractivity contribution in [2.75, 3.05) is 6.61 Å². The minimum absolute atomic E-state index is 0.0101. The fraction of sp³-hybridized carbons (Fsp3) is 0.375. The average molecular weight is 501 g/mol. The molecule has 196 valence electrons. The van der Waals surface area contributed by atoms with E-state index in [0.29, 0.717) is 18.7 Å². The largest absolute Gasteiger partial charge is 0.483 e. The molecule has 2 amide bonds. The van der Waals surface area contributed by atoms with Gasteiger partial charge in [-0.2, -0.15) is 0 Å². The first-order chi connectivity index (χ1) is 17.7. The van der Waals surface area contributed by atoms with Gasteiger partial charge in [0.05, 0.1) is 0 Å². The Kier molecular flexibility index (Phi) is 9.90. The van der Waals surface area contributed by atoms with Gasteiger partial charge in [-0.25, -0.2) is 0 Å². The number of carbonyl (C=O) groups excluding carboxylic acids is 2. The van der Waals surface area contributed by atoms with Crippen molar-refractivity contribution in [1.82, 2.24) is 10.2 Å². The summed E-state index contributed by atoms with van der Waals surface area (Å²) in [5.74, 6) is 0.326. The molecule has 3 rings (SSSR count). The van der Waals surface area contributed by atoms with Crippen LogP contribution in [0.15, 0.2) is 66.7 Å². The summed E-state index contributed by atoms with van der Waals surface area (Å²) in [6, 6.07) is 21.3. The Hall–Kier alpha value is -3.60. The highest BCUT2D eigenvalue weighted by atomic mass is 16.5. The molecule has 0 bridgehead atoms. The number of benzene rings is 3. The van der Waals surface area contributed by atoms with E-state index < -0.39 is 6.04 Å². The number of rotatable bonds is 11. The fourth-order valence-electron chi connectivity index (χ4n) is 4.38. The molecule has 0 saturated heterocycles. The summed E-state index contributed by atoms with van der Waals surface area (Å²) >= 11 is 0. The lowest BCUT2D eigenvalue weighted by atomic mass is 10.0. The van der Waals surface area contributed by atoms with Gasteiger partial charge in [0.15, 0.2) is 6.61 Å². The highest BCUT2D eigenvalue weighted by Gasteiger charge is 2.31. The second kappa shape index (κ2) is 13.1. The van der Waals surface area contributed by atoms with Crippen LogP contribution in [0.4, 0.5) is 0 Å². The molecular formula is C32H40N2O3. The molecule has 2 atom stereocenters. The summed E-state index contributed by atoms with van der Waals surface area (Å²) in [6.07, 6.45) is 1.23. The van der Waals surface area contributed by atoms with Gasteiger partial charge in [0, 0.05) is 19.0 Å². The number of hydrogen-bond acceptors (Lipinski definition) is 3. The van der Waals surface area contributed by atoms with E-state index in [1.54, 1.807) is 4.90 Å². The van der Waals surface area contributed by atoms with Crippen LogP contribution in [-0.4, -0.2) is 35.4 Å². The van der Waals surface area contributed by atoms with Crippen molar-refractivity contribution < 1.29 is 14.3 Å². The van der Waals surface area contributed by atoms with Gasteiger partial charge >= 0.3 is 0 Å². The van der Waals surface area contributed by atoms with Crippen LogP contribution in [0.1, 0.15) is 53.6 Å². The Morgan fingerprint density at radius 2 is 1.59 bits per heavy atom. The summed E-state index contributed by atoms with van der Waals surface area (Å²) in [5.41, 5.74) is 6.30. The lowest BCUT2D eigenvalue weighted by Crippen LogP contribution is -2.53. The van der Waals surface area contributed by atoms with Crippen molar-refractivity contribution in [3.63, 3.8) is 0 Å². The standard InChI is InChI=1S/C32H40N2O3/c1-7-25(5)33-32(36)29(19-27-13-9-8-10-14-27)34(20-28-15-11-12-22(2)17-28)31(35)21-37-30-18-23(3)16-24(4)26(30)6/h8-18,25,29H,7,19-21H2,1-6H3,(H,33,36)/t25-,29+/m1/s1. The molecule has 0 fully saturated rings. The Morgan fingerprint density at radius 3 is 2.27 bits per heavy atom. The minimum atomic E-state index is -0.673. The van der Waals surface area contributed by atoms with Crippen molar-refractivity contribution in [3.05, 3.63) is 100 Å². The summed E-state index contributed by atoms with van der Waals surface area (Å²) in [6.45, 7) is 12.3. The molecule has 0 saturated carbocycles. The van der Waals surface area contributed by atoms with Crippen LogP contribution < -0.4 is 10.1 Å². The molecule has 0 aliphatic carbocycles. The molecule has 5 nitrogen and oxygen atoms in total. The van der Waals surface area contributed by atoms with Gasteiger partial charge in [-0.15, -0.1) is 0 Å². The smallest absolute Gasteiger partial charge is 0.261 e. The van der Waals surface area contributed by atoms with Crippen molar-refractivity contribution in [2.45, 2.75) is 73.0 Å². The van der Waals surface area contributed by atoms with Crippen molar-refractivity contribution in [2.24, 2.45) is 0 Å². The summed E-state index contributed by atoms with van der Waals surface area (Å²) < 4.78 is 6.06. The van der Waals surface area contributed by atoms with Gasteiger partial charge < -0.3 is 15.0 Å². The third kappa shape index (κ3) is 7.94. The van der Waals surface area contributed by atoms with Gasteiger partial charge in [0.1, 0.15) is 11.8 Å². The van der Waals surface area contributed by atoms with Crippen LogP contribution in [0.2, 0.25) is 0 Å². The molecule has 5 heteroatoms. The van der Waals surface area contributed by atoms with Crippen molar-refractivity contribution in [1.29, 1.82) is 0 Å². The molecule has 0 spiro atoms. The zero-order chi connectivity index (χ0) is 26.9. The Bertz CT molecular complexity index is 1210. The lowest BCUT2D eigenvalue weighted by molar-refractivity contribution is -0.143. The van der Waals surface area contributed by atoms with Crippen LogP contribution >= 0.6 is 0 Å². The number of amides is 2. The van der Waals surface area contributed by atoms with Crippen LogP contribution in [0, 0.1) is 27.7 Å². The molecule has 3 aromatic rings. The van der Waals surface area contributed by atoms with E-state index in [1.807, 2.05) is 96.1 Å². The third-order valence-corrected chi connectivity index (χ3v) is 6.82. The summed E-state index contributed by atoms with van der Waals surface area (Å²) in [5, 5.41) is 3.11. The van der Waals surface area contributed by atoms with Gasteiger partial charge in [0.2, 0.25) is 5.91 Å². The first-order valence-electron chi connectivity index (χ1n) is 13.1. The molecule has 3 aromatic carbocycles. The number of ether oxygens (including phenoxy) is 1. The maximum atomic E-state index is 13.8. The van der Waals surface area contributed by atoms with E-state index >= 15 is 0 Å². The van der Waals surface area contributed by atoms with Crippen LogP contribution in [0.3, 0.4) is 0 Å². The normalized spacial score (nSPS) is 12.5. The maximum Gasteiger partial charge on any atom is 0.261 e. The van der Waals surface area contributed by atoms with E-state index in [2.05, 4.69) is 17.4 Å². The summed E-state index contributed by atoms with van der Waals surface area (Å²) in [4.78, 5) is 29.1. The van der Waals surface area contributed by atoms with E-state index in [1.165, 1.54) is 0 Å². The second-order valence-electron chi connectivity index (χ2n) is 10.0. The zero-order valence-corrected chi connectivity index (χ0v) is 23.0. The number of carbonyl (C=O) groups is 2. The lowest BCUT2D eigenvalue weighted by Gasteiger charge is -2.32. The monoisotopic (exact) mass is 500 g/mol. The van der Waals surface area contributed by atoms with E-state index in [9.17, 15) is 9.59 Å². The molecule has 0 radical (unpaired) electrons. The number of nitrogens with one attached hydrogen (secondary N) is 1. The van der Waals surface area contributed by atoms with Gasteiger partial charge in [0.25, 0.3) is 5.91 Å². The molecule has 37 heavy (non-hydrogen) atoms. The number of aryl methyl sites for hydroxylation is 3. The summed E-state index contributed by atoms with van der Waals surface area (Å²) in [7, 11) is 0. The quantitative estimate of drug-likeness (QED) is 0.359. The Labute approximate surface area is 221 Å². The molecule has 0 aliphatic rings. The number of hydrogen-bond donors (Lipinski definition) is 1. The van der Waals surface area contributed by atoms with E-state index in [4.69, 9.17) is 4.74 Å². The zero-order valence-electron chi connectivity index (χ0n) is 23.0. The van der Waals surface area contributed by atoms with Gasteiger partial charge in [-0.05, 0) is 74.9 Å². The third-order valence-electron chi connectivity index (χ3n) is 6.82. The first-order valence-corrected chi connectivity index (χ1v) is 13.1. The molecular weight excluding hydrogens is 460 g/mol. The molecule has 0 aromatic heterocycles. The highest BCUT2D eigenvalue weighted by molar-refractivity contribution is 5.88. The molecule has 1 N–H and O–H groups in total. The predicted octanol–water partition coefficient (Wildman–Crippen LogP) is 5.85. The minimum Gasteiger partial charge on any atom is -0.483 e. The van der Waals surface area contributed by atoms with E-state index in [0.717, 1.165) is 39.8 Å². The first kappa shape index (κ1) is 28.0. The maximum absolute atomic E-state index is 13.8. The number of nitrogens with zero attached hydrogens (tertiary/aromatic N) is 1. The van der Waals surface area contributed by atoms with Crippen LogP contribution in [-0.2, 0) is 22.6 Å².